The summed E-state index contributed by atoms with van der Waals surface area (Å²) in [5.74, 6) is -0.192. The molecule has 0 amide bonds. The molecule has 1 aromatic rings. The largest absolute Gasteiger partial charge is 0.516 e. The first-order chi connectivity index (χ1) is 10.6. The van der Waals surface area contributed by atoms with E-state index in [-0.39, 0.29) is 16.4 Å². The van der Waals surface area contributed by atoms with Gasteiger partial charge in [-0.2, -0.15) is 0 Å². The molecular formula is C19H34O3Si2. The molecule has 136 valence electrons. The molecule has 0 saturated heterocycles. The first-order valence-corrected chi connectivity index (χ1v) is 13.7. The number of hydrogen-bond donors (Lipinski definition) is 0. The van der Waals surface area contributed by atoms with Crippen LogP contribution in [0.4, 0.5) is 0 Å². The average Bonchev–Trinajstić information content (AvgIpc) is 2.35. The Morgan fingerprint density at radius 3 is 1.88 bits per heavy atom. The van der Waals surface area contributed by atoms with Crippen molar-refractivity contribution in [1.29, 1.82) is 0 Å². The Balaban J connectivity index is 0.00000118. The van der Waals surface area contributed by atoms with Crippen LogP contribution in [0.25, 0.3) is 0 Å². The summed E-state index contributed by atoms with van der Waals surface area (Å²) in [5, 5.41) is 0.0320. The summed E-state index contributed by atoms with van der Waals surface area (Å²) in [6, 6.07) is 7.78. The van der Waals surface area contributed by atoms with Gasteiger partial charge in [-0.05, 0) is 54.3 Å². The van der Waals surface area contributed by atoms with E-state index >= 15 is 0 Å². The normalized spacial score (nSPS) is 12.1. The second-order valence-electron chi connectivity index (χ2n) is 8.89. The maximum absolute atomic E-state index is 12.4. The third kappa shape index (κ3) is 7.66. The summed E-state index contributed by atoms with van der Waals surface area (Å²) in [6.07, 6.45) is 0. The minimum Gasteiger partial charge on any atom is -0.516 e. The van der Waals surface area contributed by atoms with Crippen molar-refractivity contribution in [3.05, 3.63) is 35.4 Å². The fraction of sp³-hybridized carbons (Fsp3) is 0.632. The molecule has 3 nitrogen and oxygen atoms in total. The monoisotopic (exact) mass is 366 g/mol. The van der Waals surface area contributed by atoms with Gasteiger partial charge in [-0.25, -0.2) is 4.79 Å². The van der Waals surface area contributed by atoms with Gasteiger partial charge in [-0.3, -0.25) is 0 Å². The van der Waals surface area contributed by atoms with Gasteiger partial charge in [0.25, 0.3) is 17.0 Å². The zero-order chi connectivity index (χ0) is 19.3. The standard InChI is InChI=1S/C17H28O2Si.C2H6OSi/c1-16(2,3)14-11-9-10-13(12-14)15(18)19-20(7,8)17(4,5)6;1-4(2)3/h9-12H,1-8H3;1-2H3. The maximum Gasteiger partial charge on any atom is 0.324 e. The van der Waals surface area contributed by atoms with Crippen LogP contribution >= 0.6 is 0 Å². The zero-order valence-corrected chi connectivity index (χ0v) is 19.0. The Morgan fingerprint density at radius 2 is 1.50 bits per heavy atom. The molecule has 0 saturated carbocycles. The van der Waals surface area contributed by atoms with E-state index in [0.717, 1.165) is 5.56 Å². The number of carbonyl (C=O) groups excluding carboxylic acids is 1. The van der Waals surface area contributed by atoms with Crippen LogP contribution in [0.3, 0.4) is 0 Å². The van der Waals surface area contributed by atoms with E-state index in [1.807, 2.05) is 18.2 Å². The van der Waals surface area contributed by atoms with E-state index in [1.165, 1.54) is 0 Å². The predicted molar refractivity (Wildman–Crippen MR) is 106 cm³/mol. The van der Waals surface area contributed by atoms with Gasteiger partial charge in [0.05, 0.1) is 5.56 Å². The minimum atomic E-state index is -2.06. The van der Waals surface area contributed by atoms with Crippen LogP contribution in [0.5, 0.6) is 0 Å². The van der Waals surface area contributed by atoms with Crippen LogP contribution < -0.4 is 0 Å². The first-order valence-electron chi connectivity index (χ1n) is 8.39. The van der Waals surface area contributed by atoms with Crippen molar-refractivity contribution in [3.63, 3.8) is 0 Å². The van der Waals surface area contributed by atoms with Crippen LogP contribution in [-0.4, -0.2) is 23.0 Å². The predicted octanol–water partition coefficient (Wildman–Crippen LogP) is 5.81. The zero-order valence-electron chi connectivity index (χ0n) is 17.0. The lowest BCUT2D eigenvalue weighted by molar-refractivity contribution is 0.0712. The average molecular weight is 367 g/mol. The van der Waals surface area contributed by atoms with Crippen molar-refractivity contribution in [1.82, 2.24) is 0 Å². The Hall–Kier alpha value is -1.08. The number of hydrogen-bond acceptors (Lipinski definition) is 3. The maximum atomic E-state index is 12.4. The molecular weight excluding hydrogens is 332 g/mol. The summed E-state index contributed by atoms with van der Waals surface area (Å²) in [4.78, 5) is 12.4. The molecule has 1 rings (SSSR count). The van der Waals surface area contributed by atoms with E-state index in [2.05, 4.69) is 60.7 Å². The second kappa shape index (κ2) is 8.34. The molecule has 0 aliphatic heterocycles. The summed E-state index contributed by atoms with van der Waals surface area (Å²) >= 11 is 0. The van der Waals surface area contributed by atoms with Gasteiger partial charge in [0.1, 0.15) is 0 Å². The minimum absolute atomic E-state index is 0.0320. The molecule has 1 aromatic carbocycles. The van der Waals surface area contributed by atoms with Crippen molar-refractivity contribution < 1.29 is 13.7 Å². The quantitative estimate of drug-likeness (QED) is 0.620. The highest BCUT2D eigenvalue weighted by Crippen LogP contribution is 2.37. The number of benzene rings is 1. The van der Waals surface area contributed by atoms with Crippen molar-refractivity contribution >= 4 is 23.0 Å². The van der Waals surface area contributed by atoms with Crippen LogP contribution in [-0.2, 0) is 14.3 Å². The highest BCUT2D eigenvalue weighted by molar-refractivity contribution is 6.75. The highest BCUT2D eigenvalue weighted by atomic mass is 28.4. The SMILES string of the molecule is CC(C)(C)c1cccc(C(=O)O[Si](C)(C)C(C)(C)C)c1.C[Si](C)=O. The van der Waals surface area contributed by atoms with Crippen LogP contribution in [0.15, 0.2) is 24.3 Å². The molecule has 0 aliphatic rings. The smallest absolute Gasteiger partial charge is 0.324 e. The highest BCUT2D eigenvalue weighted by Gasteiger charge is 2.40. The molecule has 0 aromatic heterocycles. The third-order valence-corrected chi connectivity index (χ3v) is 8.43. The van der Waals surface area contributed by atoms with Gasteiger partial charge >= 0.3 is 5.97 Å². The van der Waals surface area contributed by atoms with Gasteiger partial charge in [0.15, 0.2) is 0 Å². The molecule has 0 bridgehead atoms. The van der Waals surface area contributed by atoms with Gasteiger partial charge in [-0.1, -0.05) is 53.7 Å². The Labute approximate surface area is 150 Å². The molecule has 0 radical (unpaired) electrons. The van der Waals surface area contributed by atoms with Gasteiger partial charge < -0.3 is 8.89 Å². The lowest BCUT2D eigenvalue weighted by Gasteiger charge is -2.35. The fourth-order valence-electron chi connectivity index (χ4n) is 1.56. The summed E-state index contributed by atoms with van der Waals surface area (Å²) in [5.41, 5.74) is 1.84. The lowest BCUT2D eigenvalue weighted by Crippen LogP contribution is -2.42. The van der Waals surface area contributed by atoms with Gasteiger partial charge in [0.2, 0.25) is 0 Å². The van der Waals surface area contributed by atoms with E-state index < -0.39 is 17.0 Å². The Bertz CT molecular complexity index is 575. The molecule has 0 fully saturated rings. The van der Waals surface area contributed by atoms with Crippen LogP contribution in [0.2, 0.25) is 31.2 Å². The van der Waals surface area contributed by atoms with Crippen molar-refractivity contribution in [2.75, 3.05) is 0 Å². The van der Waals surface area contributed by atoms with E-state index in [0.29, 0.717) is 5.56 Å². The first kappa shape index (κ1) is 22.9. The van der Waals surface area contributed by atoms with Crippen LogP contribution in [0, 0.1) is 0 Å². The molecule has 0 atom stereocenters. The second-order valence-corrected chi connectivity index (χ2v) is 15.4. The third-order valence-electron chi connectivity index (χ3n) is 4.12. The fourth-order valence-corrected chi connectivity index (χ4v) is 2.44. The Kier molecular flexibility index (Phi) is 7.97. The van der Waals surface area contributed by atoms with Crippen molar-refractivity contribution in [2.24, 2.45) is 0 Å². The molecule has 0 heterocycles. The summed E-state index contributed by atoms with van der Waals surface area (Å²) in [6.45, 7) is 20.5. The molecule has 0 N–H and O–H groups in total. The van der Waals surface area contributed by atoms with E-state index in [4.69, 9.17) is 4.43 Å². The van der Waals surface area contributed by atoms with Gasteiger partial charge in [-0.15, -0.1) is 0 Å². The summed E-state index contributed by atoms with van der Waals surface area (Å²) in [7, 11) is -3.19. The molecule has 0 aliphatic carbocycles. The lowest BCUT2D eigenvalue weighted by atomic mass is 9.86. The Morgan fingerprint density at radius 1 is 1.04 bits per heavy atom. The molecule has 5 heteroatoms. The van der Waals surface area contributed by atoms with E-state index in [1.54, 1.807) is 13.1 Å². The number of rotatable bonds is 2. The molecule has 24 heavy (non-hydrogen) atoms. The molecule has 0 unspecified atom stereocenters. The topological polar surface area (TPSA) is 43.4 Å². The van der Waals surface area contributed by atoms with Crippen molar-refractivity contribution in [3.8, 4) is 0 Å². The van der Waals surface area contributed by atoms with E-state index in [9.17, 15) is 9.26 Å². The summed E-state index contributed by atoms with van der Waals surface area (Å²) < 4.78 is 15.5. The van der Waals surface area contributed by atoms with Crippen molar-refractivity contribution in [2.45, 2.75) is 78.2 Å². The number of carbonyl (C=O) groups is 1. The van der Waals surface area contributed by atoms with Crippen LogP contribution in [0.1, 0.15) is 57.5 Å². The van der Waals surface area contributed by atoms with Gasteiger partial charge in [0, 0.05) is 0 Å². The molecule has 0 spiro atoms.